The Bertz CT molecular complexity index is 526. The normalized spacial score (nSPS) is 49.1. The Morgan fingerprint density at radius 3 is 2.48 bits per heavy atom. The van der Waals surface area contributed by atoms with Crippen LogP contribution in [0.3, 0.4) is 0 Å². The second kappa shape index (κ2) is 7.85. The molecule has 1 nitrogen and oxygen atoms in total. The van der Waals surface area contributed by atoms with Crippen molar-refractivity contribution >= 4 is 0 Å². The van der Waals surface area contributed by atoms with Gasteiger partial charge in [-0.05, 0) is 117 Å². The Labute approximate surface area is 168 Å². The zero-order chi connectivity index (χ0) is 19.1. The molecule has 154 valence electrons. The molecule has 0 radical (unpaired) electrons. The van der Waals surface area contributed by atoms with E-state index in [1.165, 1.54) is 89.9 Å². The van der Waals surface area contributed by atoms with Crippen LogP contribution in [-0.2, 0) is 0 Å². The van der Waals surface area contributed by atoms with Crippen molar-refractivity contribution in [2.75, 3.05) is 0 Å². The Hall–Kier alpha value is -0.300. The molecule has 0 aliphatic heterocycles. The fraction of sp³-hybridized carbons (Fsp3) is 0.923. The van der Waals surface area contributed by atoms with Gasteiger partial charge in [0.1, 0.15) is 0 Å². The van der Waals surface area contributed by atoms with Crippen LogP contribution in [-0.4, -0.2) is 6.04 Å². The van der Waals surface area contributed by atoms with E-state index in [1.54, 1.807) is 0 Å². The van der Waals surface area contributed by atoms with E-state index in [4.69, 9.17) is 5.73 Å². The summed E-state index contributed by atoms with van der Waals surface area (Å²) in [6.07, 6.45) is 22.1. The second-order valence-electron chi connectivity index (χ2n) is 11.4. The maximum Gasteiger partial charge on any atom is 0.00418 e. The van der Waals surface area contributed by atoms with Crippen molar-refractivity contribution in [1.82, 2.24) is 0 Å². The van der Waals surface area contributed by atoms with Gasteiger partial charge >= 0.3 is 0 Å². The summed E-state index contributed by atoms with van der Waals surface area (Å²) in [6.45, 7) is 9.26. The summed E-state index contributed by atoms with van der Waals surface area (Å²) in [7, 11) is 0. The SMILES string of the molecule is C=CCCCCCC1CCC2C3CCC4CC(N)CCC4(C)C3CCC12C. The Morgan fingerprint density at radius 2 is 1.67 bits per heavy atom. The topological polar surface area (TPSA) is 26.0 Å². The maximum absolute atomic E-state index is 6.36. The summed E-state index contributed by atoms with van der Waals surface area (Å²) in [5, 5.41) is 0. The molecular formula is C26H45N. The number of hydrogen-bond acceptors (Lipinski definition) is 1. The predicted octanol–water partition coefficient (Wildman–Crippen LogP) is 7.11. The van der Waals surface area contributed by atoms with Gasteiger partial charge in [0.15, 0.2) is 0 Å². The third-order valence-corrected chi connectivity index (χ3v) is 10.4. The minimum atomic E-state index is 0.491. The maximum atomic E-state index is 6.36. The van der Waals surface area contributed by atoms with E-state index in [0.717, 1.165) is 29.6 Å². The first kappa shape index (κ1) is 20.0. The van der Waals surface area contributed by atoms with Crippen LogP contribution in [0, 0.1) is 40.4 Å². The lowest BCUT2D eigenvalue weighted by molar-refractivity contribution is -0.113. The van der Waals surface area contributed by atoms with Gasteiger partial charge in [-0.2, -0.15) is 0 Å². The van der Waals surface area contributed by atoms with E-state index < -0.39 is 0 Å². The summed E-state index contributed by atoms with van der Waals surface area (Å²) < 4.78 is 0. The second-order valence-corrected chi connectivity index (χ2v) is 11.4. The van der Waals surface area contributed by atoms with Crippen LogP contribution in [0.5, 0.6) is 0 Å². The van der Waals surface area contributed by atoms with E-state index >= 15 is 0 Å². The summed E-state index contributed by atoms with van der Waals surface area (Å²) >= 11 is 0. The summed E-state index contributed by atoms with van der Waals surface area (Å²) in [4.78, 5) is 0. The van der Waals surface area contributed by atoms with Crippen molar-refractivity contribution < 1.29 is 0 Å². The highest BCUT2D eigenvalue weighted by molar-refractivity contribution is 5.09. The number of fused-ring (bicyclic) bond motifs is 5. The van der Waals surface area contributed by atoms with Gasteiger partial charge in [-0.15, -0.1) is 6.58 Å². The standard InChI is InChI=1S/C26H45N/c1-4-5-6-7-8-9-19-11-13-23-22-12-10-20-18-21(27)14-16-26(20,3)24(22)15-17-25(19,23)2/h4,19-24H,1,5-18,27H2,2-3H3. The number of allylic oxidation sites excluding steroid dienone is 1. The molecule has 8 atom stereocenters. The highest BCUT2D eigenvalue weighted by Crippen LogP contribution is 2.67. The zero-order valence-electron chi connectivity index (χ0n) is 18.2. The third-order valence-electron chi connectivity index (χ3n) is 10.4. The lowest BCUT2D eigenvalue weighted by Crippen LogP contribution is -2.54. The van der Waals surface area contributed by atoms with Crippen LogP contribution in [0.1, 0.15) is 104 Å². The van der Waals surface area contributed by atoms with Crippen LogP contribution in [0.2, 0.25) is 0 Å². The molecule has 0 spiro atoms. The number of rotatable bonds is 6. The fourth-order valence-electron chi connectivity index (χ4n) is 8.73. The average Bonchev–Trinajstić information content (AvgIpc) is 2.99. The Balaban J connectivity index is 1.42. The minimum Gasteiger partial charge on any atom is -0.328 e. The smallest absolute Gasteiger partial charge is 0.00418 e. The molecule has 0 aromatic rings. The minimum absolute atomic E-state index is 0.491. The van der Waals surface area contributed by atoms with Gasteiger partial charge in [0, 0.05) is 6.04 Å². The molecule has 0 saturated heterocycles. The first-order chi connectivity index (χ1) is 13.0. The van der Waals surface area contributed by atoms with Gasteiger partial charge in [0.05, 0.1) is 0 Å². The fourth-order valence-corrected chi connectivity index (χ4v) is 8.73. The van der Waals surface area contributed by atoms with Gasteiger partial charge in [-0.25, -0.2) is 0 Å². The summed E-state index contributed by atoms with van der Waals surface area (Å²) in [5.74, 6) is 5.01. The first-order valence-electron chi connectivity index (χ1n) is 12.4. The van der Waals surface area contributed by atoms with Crippen molar-refractivity contribution in [3.8, 4) is 0 Å². The van der Waals surface area contributed by atoms with Crippen molar-refractivity contribution in [1.29, 1.82) is 0 Å². The lowest BCUT2D eigenvalue weighted by Gasteiger charge is -2.61. The van der Waals surface area contributed by atoms with Crippen molar-refractivity contribution in [3.05, 3.63) is 12.7 Å². The summed E-state index contributed by atoms with van der Waals surface area (Å²) in [5.41, 5.74) is 7.64. The quantitative estimate of drug-likeness (QED) is 0.391. The molecule has 0 aromatic heterocycles. The molecule has 8 unspecified atom stereocenters. The number of unbranched alkanes of at least 4 members (excludes halogenated alkanes) is 3. The molecule has 0 amide bonds. The average molecular weight is 372 g/mol. The van der Waals surface area contributed by atoms with E-state index in [2.05, 4.69) is 26.5 Å². The molecule has 4 fully saturated rings. The van der Waals surface area contributed by atoms with E-state index in [-0.39, 0.29) is 0 Å². The van der Waals surface area contributed by atoms with E-state index in [0.29, 0.717) is 16.9 Å². The molecule has 1 heteroatoms. The lowest BCUT2D eigenvalue weighted by atomic mass is 9.44. The predicted molar refractivity (Wildman–Crippen MR) is 116 cm³/mol. The van der Waals surface area contributed by atoms with Gasteiger partial charge in [-0.1, -0.05) is 32.8 Å². The third kappa shape index (κ3) is 3.45. The van der Waals surface area contributed by atoms with Gasteiger partial charge in [-0.3, -0.25) is 0 Å². The van der Waals surface area contributed by atoms with Gasteiger partial charge < -0.3 is 5.73 Å². The highest BCUT2D eigenvalue weighted by Gasteiger charge is 2.59. The molecule has 27 heavy (non-hydrogen) atoms. The molecular weight excluding hydrogens is 326 g/mol. The Kier molecular flexibility index (Phi) is 5.81. The Morgan fingerprint density at radius 1 is 0.889 bits per heavy atom. The molecule has 4 saturated carbocycles. The van der Waals surface area contributed by atoms with Gasteiger partial charge in [0.2, 0.25) is 0 Å². The molecule has 4 aliphatic carbocycles. The molecule has 0 bridgehead atoms. The van der Waals surface area contributed by atoms with Crippen LogP contribution in [0.25, 0.3) is 0 Å². The molecule has 0 aromatic carbocycles. The molecule has 2 N–H and O–H groups in total. The summed E-state index contributed by atoms with van der Waals surface area (Å²) in [6, 6.07) is 0.491. The van der Waals surface area contributed by atoms with Crippen LogP contribution in [0.4, 0.5) is 0 Å². The van der Waals surface area contributed by atoms with E-state index in [1.807, 2.05) is 0 Å². The van der Waals surface area contributed by atoms with Crippen molar-refractivity contribution in [3.63, 3.8) is 0 Å². The number of hydrogen-bond donors (Lipinski definition) is 1. The zero-order valence-corrected chi connectivity index (χ0v) is 18.2. The van der Waals surface area contributed by atoms with Crippen molar-refractivity contribution in [2.24, 2.45) is 46.2 Å². The van der Waals surface area contributed by atoms with Crippen LogP contribution < -0.4 is 5.73 Å². The highest BCUT2D eigenvalue weighted by atomic mass is 14.7. The van der Waals surface area contributed by atoms with Gasteiger partial charge in [0.25, 0.3) is 0 Å². The van der Waals surface area contributed by atoms with Crippen molar-refractivity contribution in [2.45, 2.75) is 110 Å². The number of nitrogens with two attached hydrogens (primary N) is 1. The molecule has 0 heterocycles. The monoisotopic (exact) mass is 371 g/mol. The largest absolute Gasteiger partial charge is 0.328 e. The van der Waals surface area contributed by atoms with E-state index in [9.17, 15) is 0 Å². The molecule has 4 aliphatic rings. The molecule has 4 rings (SSSR count). The van der Waals surface area contributed by atoms with Crippen LogP contribution >= 0.6 is 0 Å². The first-order valence-corrected chi connectivity index (χ1v) is 12.4. The van der Waals surface area contributed by atoms with Crippen LogP contribution in [0.15, 0.2) is 12.7 Å².